The number of esters is 1. The molecule has 1 saturated heterocycles. The highest BCUT2D eigenvalue weighted by Gasteiger charge is 2.21. The predicted octanol–water partition coefficient (Wildman–Crippen LogP) is 2.89. The Morgan fingerprint density at radius 3 is 2.83 bits per heavy atom. The maximum Gasteiger partial charge on any atom is 0.320 e. The molecular formula is C22H27N5O2. The number of benzene rings is 1. The first-order valence-corrected chi connectivity index (χ1v) is 9.94. The third-order valence-corrected chi connectivity index (χ3v) is 4.91. The van der Waals surface area contributed by atoms with Gasteiger partial charge in [-0.1, -0.05) is 12.0 Å². The van der Waals surface area contributed by atoms with Gasteiger partial charge in [0.2, 0.25) is 0 Å². The molecule has 0 saturated carbocycles. The number of carbonyl (C=O) groups is 1. The molecule has 0 unspecified atom stereocenters. The van der Waals surface area contributed by atoms with Crippen LogP contribution in [-0.4, -0.2) is 53.6 Å². The lowest BCUT2D eigenvalue weighted by Crippen LogP contribution is -2.39. The van der Waals surface area contributed by atoms with Crippen molar-refractivity contribution < 1.29 is 9.53 Å². The van der Waals surface area contributed by atoms with Crippen LogP contribution in [0.3, 0.4) is 0 Å². The highest BCUT2D eigenvalue weighted by atomic mass is 16.5. The van der Waals surface area contributed by atoms with Crippen molar-refractivity contribution in [1.82, 2.24) is 14.9 Å². The summed E-state index contributed by atoms with van der Waals surface area (Å²) in [4.78, 5) is 22.3. The zero-order chi connectivity index (χ0) is 20.5. The molecule has 1 aliphatic rings. The fourth-order valence-corrected chi connectivity index (χ4v) is 3.34. The number of likely N-dealkylation sites (tertiary alicyclic amines) is 1. The molecule has 1 aliphatic heterocycles. The first kappa shape index (κ1) is 20.6. The minimum absolute atomic E-state index is 0.141. The number of anilines is 3. The molecule has 7 heteroatoms. The third-order valence-electron chi connectivity index (χ3n) is 4.91. The maximum absolute atomic E-state index is 11.6. The minimum atomic E-state index is -0.141. The van der Waals surface area contributed by atoms with E-state index in [4.69, 9.17) is 11.2 Å². The third kappa shape index (κ3) is 6.47. The second-order valence-electron chi connectivity index (χ2n) is 7.04. The van der Waals surface area contributed by atoms with Crippen LogP contribution in [0.25, 0.3) is 0 Å². The lowest BCUT2D eigenvalue weighted by molar-refractivity contribution is -0.144. The molecule has 1 fully saturated rings. The Kier molecular flexibility index (Phi) is 7.42. The van der Waals surface area contributed by atoms with Crippen molar-refractivity contribution in [2.75, 3.05) is 43.4 Å². The van der Waals surface area contributed by atoms with Gasteiger partial charge in [0.1, 0.15) is 18.0 Å². The number of rotatable bonds is 8. The van der Waals surface area contributed by atoms with Crippen molar-refractivity contribution in [3.63, 3.8) is 0 Å². The molecule has 2 heterocycles. The quantitative estimate of drug-likeness (QED) is 0.527. The van der Waals surface area contributed by atoms with Crippen LogP contribution in [0.4, 0.5) is 17.3 Å². The van der Waals surface area contributed by atoms with Crippen LogP contribution >= 0.6 is 0 Å². The number of nitrogens with one attached hydrogen (secondary N) is 2. The van der Waals surface area contributed by atoms with E-state index in [1.54, 1.807) is 0 Å². The molecule has 0 atom stereocenters. The summed E-state index contributed by atoms with van der Waals surface area (Å²) in [6.45, 7) is 5.31. The number of piperidine rings is 1. The van der Waals surface area contributed by atoms with Crippen molar-refractivity contribution in [1.29, 1.82) is 0 Å². The van der Waals surface area contributed by atoms with Gasteiger partial charge in [0.25, 0.3) is 0 Å². The van der Waals surface area contributed by atoms with Gasteiger partial charge in [-0.2, -0.15) is 0 Å². The maximum atomic E-state index is 11.6. The second-order valence-corrected chi connectivity index (χ2v) is 7.04. The zero-order valence-corrected chi connectivity index (χ0v) is 16.7. The molecule has 0 amide bonds. The van der Waals surface area contributed by atoms with E-state index in [0.29, 0.717) is 24.9 Å². The smallest absolute Gasteiger partial charge is 0.320 e. The standard InChI is InChI=1S/C22H27N5O2/c1-3-17-6-5-7-19(12-17)26-21-13-20(24-16-25-21)23-14-18-8-10-27(11-9-18)15-22(28)29-4-2/h1,5-7,12-13,16,18H,4,8-11,14-15H2,2H3,(H2,23,24,25,26). The van der Waals surface area contributed by atoms with E-state index < -0.39 is 0 Å². The van der Waals surface area contributed by atoms with E-state index in [9.17, 15) is 4.79 Å². The number of ether oxygens (including phenoxy) is 1. The lowest BCUT2D eigenvalue weighted by atomic mass is 9.97. The van der Waals surface area contributed by atoms with Crippen LogP contribution in [0.2, 0.25) is 0 Å². The fraction of sp³-hybridized carbons (Fsp3) is 0.409. The van der Waals surface area contributed by atoms with Gasteiger partial charge in [0, 0.05) is 23.9 Å². The molecule has 0 spiro atoms. The Balaban J connectivity index is 1.46. The molecule has 1 aromatic carbocycles. The predicted molar refractivity (Wildman–Crippen MR) is 114 cm³/mol. The number of hydrogen-bond donors (Lipinski definition) is 2. The second kappa shape index (κ2) is 10.4. The summed E-state index contributed by atoms with van der Waals surface area (Å²) >= 11 is 0. The first-order chi connectivity index (χ1) is 14.2. The van der Waals surface area contributed by atoms with E-state index in [2.05, 4.69) is 31.4 Å². The van der Waals surface area contributed by atoms with Gasteiger partial charge < -0.3 is 15.4 Å². The van der Waals surface area contributed by atoms with Crippen LogP contribution in [0.15, 0.2) is 36.7 Å². The highest BCUT2D eigenvalue weighted by molar-refractivity contribution is 5.71. The van der Waals surface area contributed by atoms with E-state index in [-0.39, 0.29) is 5.97 Å². The molecule has 1 aromatic heterocycles. The minimum Gasteiger partial charge on any atom is -0.465 e. The molecular weight excluding hydrogens is 366 g/mol. The SMILES string of the molecule is C#Cc1cccc(Nc2cc(NCC3CCN(CC(=O)OCC)CC3)ncn2)c1. The van der Waals surface area contributed by atoms with E-state index in [1.165, 1.54) is 6.33 Å². The van der Waals surface area contributed by atoms with E-state index in [0.717, 1.165) is 49.5 Å². The fourth-order valence-electron chi connectivity index (χ4n) is 3.34. The average Bonchev–Trinajstić information content (AvgIpc) is 2.74. The molecule has 7 nitrogen and oxygen atoms in total. The summed E-state index contributed by atoms with van der Waals surface area (Å²) in [5.41, 5.74) is 1.70. The van der Waals surface area contributed by atoms with Gasteiger partial charge in [-0.05, 0) is 57.0 Å². The van der Waals surface area contributed by atoms with Crippen molar-refractivity contribution in [3.05, 3.63) is 42.2 Å². The van der Waals surface area contributed by atoms with E-state index >= 15 is 0 Å². The van der Waals surface area contributed by atoms with Crippen LogP contribution in [0.5, 0.6) is 0 Å². The summed E-state index contributed by atoms with van der Waals surface area (Å²) in [7, 11) is 0. The van der Waals surface area contributed by atoms with Crippen molar-refractivity contribution >= 4 is 23.3 Å². The van der Waals surface area contributed by atoms with Gasteiger partial charge in [0.15, 0.2) is 0 Å². The Labute approximate surface area is 171 Å². The Hall–Kier alpha value is -3.11. The van der Waals surface area contributed by atoms with E-state index in [1.807, 2.05) is 37.3 Å². The Morgan fingerprint density at radius 1 is 1.28 bits per heavy atom. The molecule has 0 aliphatic carbocycles. The summed E-state index contributed by atoms with van der Waals surface area (Å²) in [5.74, 6) is 4.53. The number of terminal acetylenes is 1. The largest absolute Gasteiger partial charge is 0.465 e. The van der Waals surface area contributed by atoms with Crippen LogP contribution in [0, 0.1) is 18.3 Å². The lowest BCUT2D eigenvalue weighted by Gasteiger charge is -2.31. The van der Waals surface area contributed by atoms with Crippen LogP contribution in [0.1, 0.15) is 25.3 Å². The summed E-state index contributed by atoms with van der Waals surface area (Å²) in [6, 6.07) is 9.53. The summed E-state index contributed by atoms with van der Waals surface area (Å²) in [5, 5.41) is 6.66. The van der Waals surface area contributed by atoms with Crippen molar-refractivity contribution in [3.8, 4) is 12.3 Å². The molecule has 152 valence electrons. The Bertz CT molecular complexity index is 856. The molecule has 3 rings (SSSR count). The molecule has 29 heavy (non-hydrogen) atoms. The van der Waals surface area contributed by atoms with Crippen molar-refractivity contribution in [2.24, 2.45) is 5.92 Å². The zero-order valence-electron chi connectivity index (χ0n) is 16.7. The molecule has 0 radical (unpaired) electrons. The average molecular weight is 393 g/mol. The molecule has 2 aromatic rings. The number of nitrogens with zero attached hydrogens (tertiary/aromatic N) is 3. The molecule has 2 N–H and O–H groups in total. The molecule has 0 bridgehead atoms. The van der Waals surface area contributed by atoms with Crippen molar-refractivity contribution in [2.45, 2.75) is 19.8 Å². The Morgan fingerprint density at radius 2 is 2.07 bits per heavy atom. The van der Waals surface area contributed by atoms with Gasteiger partial charge in [-0.3, -0.25) is 9.69 Å². The number of carbonyl (C=O) groups excluding carboxylic acids is 1. The topological polar surface area (TPSA) is 79.4 Å². The normalized spacial score (nSPS) is 14.8. The highest BCUT2D eigenvalue weighted by Crippen LogP contribution is 2.20. The summed E-state index contributed by atoms with van der Waals surface area (Å²) in [6.07, 6.45) is 9.08. The monoisotopic (exact) mass is 393 g/mol. The van der Waals surface area contributed by atoms with Crippen LogP contribution < -0.4 is 10.6 Å². The number of aromatic nitrogens is 2. The van der Waals surface area contributed by atoms with Gasteiger partial charge in [-0.25, -0.2) is 9.97 Å². The summed E-state index contributed by atoms with van der Waals surface area (Å²) < 4.78 is 5.02. The van der Waals surface area contributed by atoms with Gasteiger partial charge >= 0.3 is 5.97 Å². The van der Waals surface area contributed by atoms with Crippen LogP contribution in [-0.2, 0) is 9.53 Å². The van der Waals surface area contributed by atoms with Gasteiger partial charge in [-0.15, -0.1) is 6.42 Å². The number of hydrogen-bond acceptors (Lipinski definition) is 7. The first-order valence-electron chi connectivity index (χ1n) is 9.94. The van der Waals surface area contributed by atoms with Gasteiger partial charge in [0.05, 0.1) is 13.2 Å².